The van der Waals surface area contributed by atoms with Gasteiger partial charge in [-0.05, 0) is 12.8 Å². The Morgan fingerprint density at radius 1 is 1.47 bits per heavy atom. The Labute approximate surface area is 106 Å². The van der Waals surface area contributed by atoms with E-state index in [9.17, 15) is 0 Å². The lowest BCUT2D eigenvalue weighted by Crippen LogP contribution is -2.04. The lowest BCUT2D eigenvalue weighted by molar-refractivity contribution is -0.109. The monoisotopic (exact) mass is 259 g/mol. The first-order valence-electron chi connectivity index (χ1n) is 5.81. The molecule has 0 spiro atoms. The van der Waals surface area contributed by atoms with Crippen molar-refractivity contribution in [2.75, 3.05) is 7.05 Å². The molecule has 1 fully saturated rings. The largest absolute Gasteiger partial charge is 0.362 e. The van der Waals surface area contributed by atoms with E-state index >= 15 is 0 Å². The summed E-state index contributed by atoms with van der Waals surface area (Å²) in [7, 11) is 1.56. The Hall–Kier alpha value is -1.10. The summed E-state index contributed by atoms with van der Waals surface area (Å²) < 4.78 is 5.15. The van der Waals surface area contributed by atoms with Gasteiger partial charge in [-0.25, -0.2) is 0 Å². The number of nitrogens with zero attached hydrogens (tertiary/aromatic N) is 2. The molecule has 1 aliphatic rings. The van der Waals surface area contributed by atoms with Gasteiger partial charge in [-0.2, -0.15) is 4.98 Å². The highest BCUT2D eigenvalue weighted by molar-refractivity contribution is 6.16. The Morgan fingerprint density at radius 3 is 2.59 bits per heavy atom. The van der Waals surface area contributed by atoms with E-state index in [0.717, 1.165) is 5.89 Å². The van der Waals surface area contributed by atoms with Crippen LogP contribution in [0.15, 0.2) is 4.52 Å². The number of rotatable bonds is 3. The molecule has 5 nitrogen and oxygen atoms in total. The number of carbonyl (C=O) groups is 1. The van der Waals surface area contributed by atoms with Gasteiger partial charge in [0.2, 0.25) is 12.3 Å². The molecule has 1 amide bonds. The van der Waals surface area contributed by atoms with Crippen LogP contribution >= 0.6 is 11.6 Å². The first-order chi connectivity index (χ1) is 8.31. The zero-order valence-electron chi connectivity index (χ0n) is 9.99. The maximum absolute atomic E-state index is 9.06. The number of hydrogen-bond acceptors (Lipinski definition) is 4. The Balaban J connectivity index is 0.000000317. The molecule has 0 unspecified atom stereocenters. The van der Waals surface area contributed by atoms with Crippen molar-refractivity contribution in [3.8, 4) is 0 Å². The van der Waals surface area contributed by atoms with E-state index in [0.29, 0.717) is 24.0 Å². The predicted molar refractivity (Wildman–Crippen MR) is 64.8 cm³/mol. The van der Waals surface area contributed by atoms with Gasteiger partial charge in [-0.15, -0.1) is 11.6 Å². The highest BCUT2D eigenvalue weighted by atomic mass is 35.5. The van der Waals surface area contributed by atoms with Gasteiger partial charge < -0.3 is 9.84 Å². The average molecular weight is 260 g/mol. The van der Waals surface area contributed by atoms with Gasteiger partial charge in [-0.1, -0.05) is 24.4 Å². The van der Waals surface area contributed by atoms with Crippen LogP contribution in [0.2, 0.25) is 0 Å². The third kappa shape index (κ3) is 4.73. The zero-order valence-corrected chi connectivity index (χ0v) is 10.7. The zero-order chi connectivity index (χ0) is 12.5. The Bertz CT molecular complexity index is 324. The number of aromatic nitrogens is 2. The summed E-state index contributed by atoms with van der Waals surface area (Å²) in [6, 6.07) is 0. The maximum Gasteiger partial charge on any atom is 0.229 e. The average Bonchev–Trinajstić information content (AvgIpc) is 2.89. The Kier molecular flexibility index (Phi) is 6.62. The molecule has 1 aromatic heterocycles. The number of halogens is 1. The van der Waals surface area contributed by atoms with Crippen LogP contribution in [0.3, 0.4) is 0 Å². The van der Waals surface area contributed by atoms with Crippen molar-refractivity contribution in [3.05, 3.63) is 11.7 Å². The second kappa shape index (κ2) is 8.06. The minimum Gasteiger partial charge on any atom is -0.362 e. The fraction of sp³-hybridized carbons (Fsp3) is 0.727. The van der Waals surface area contributed by atoms with Crippen LogP contribution in [0, 0.1) is 0 Å². The molecule has 1 aromatic rings. The van der Waals surface area contributed by atoms with Gasteiger partial charge in [0, 0.05) is 13.0 Å². The lowest BCUT2D eigenvalue weighted by atomic mass is 9.89. The molecule has 0 aliphatic heterocycles. The molecule has 0 atom stereocenters. The van der Waals surface area contributed by atoms with Gasteiger partial charge in [0.25, 0.3) is 0 Å². The summed E-state index contributed by atoms with van der Waals surface area (Å²) in [4.78, 5) is 13.3. The van der Waals surface area contributed by atoms with Crippen molar-refractivity contribution in [1.29, 1.82) is 0 Å². The van der Waals surface area contributed by atoms with E-state index in [1.807, 2.05) is 0 Å². The summed E-state index contributed by atoms with van der Waals surface area (Å²) >= 11 is 5.59. The molecule has 1 N–H and O–H groups in total. The van der Waals surface area contributed by atoms with Crippen LogP contribution in [0.5, 0.6) is 0 Å². The smallest absolute Gasteiger partial charge is 0.229 e. The fourth-order valence-electron chi connectivity index (χ4n) is 1.84. The molecular formula is C11H18ClN3O2. The maximum atomic E-state index is 9.06. The third-order valence-corrected chi connectivity index (χ3v) is 2.91. The molecule has 0 radical (unpaired) electrons. The molecule has 6 heteroatoms. The topological polar surface area (TPSA) is 68.0 Å². The molecular weight excluding hydrogens is 242 g/mol. The number of alkyl halides is 1. The van der Waals surface area contributed by atoms with Gasteiger partial charge in [0.05, 0.1) is 5.88 Å². The van der Waals surface area contributed by atoms with Crippen LogP contribution in [0.25, 0.3) is 0 Å². The standard InChI is InChI=1S/C9H13ClN2O.C2H5NO/c10-6-8-11-9(13-12-8)7-4-2-1-3-5-7;1-3-2-4/h7H,1-6H2;2H,1H3,(H,3,4). The van der Waals surface area contributed by atoms with Gasteiger partial charge in [-0.3, -0.25) is 4.79 Å². The summed E-state index contributed by atoms with van der Waals surface area (Å²) in [6.07, 6.45) is 6.90. The predicted octanol–water partition coefficient (Wildman–Crippen LogP) is 2.22. The molecule has 2 rings (SSSR count). The quantitative estimate of drug-likeness (QED) is 0.668. The van der Waals surface area contributed by atoms with Crippen molar-refractivity contribution < 1.29 is 9.32 Å². The molecule has 1 heterocycles. The van der Waals surface area contributed by atoms with Crippen LogP contribution in [0.1, 0.15) is 49.7 Å². The molecule has 0 bridgehead atoms. The van der Waals surface area contributed by atoms with Crippen molar-refractivity contribution in [2.45, 2.75) is 43.9 Å². The van der Waals surface area contributed by atoms with Crippen LogP contribution in [-0.2, 0) is 10.7 Å². The number of nitrogens with one attached hydrogen (secondary N) is 1. The molecule has 96 valence electrons. The minimum absolute atomic E-state index is 0.343. The second-order valence-corrected chi connectivity index (χ2v) is 4.19. The highest BCUT2D eigenvalue weighted by Crippen LogP contribution is 2.31. The van der Waals surface area contributed by atoms with E-state index in [1.54, 1.807) is 7.05 Å². The van der Waals surface area contributed by atoms with Gasteiger partial charge >= 0.3 is 0 Å². The number of carbonyl (C=O) groups excluding carboxylic acids is 1. The minimum atomic E-state index is 0.343. The van der Waals surface area contributed by atoms with Crippen LogP contribution in [0.4, 0.5) is 0 Å². The SMILES string of the molecule is CNC=O.ClCc1noc(C2CCCCC2)n1. The summed E-state index contributed by atoms with van der Waals surface area (Å²) in [5, 5.41) is 6.04. The van der Waals surface area contributed by atoms with Crippen molar-refractivity contribution >= 4 is 18.0 Å². The van der Waals surface area contributed by atoms with Crippen molar-refractivity contribution in [2.24, 2.45) is 0 Å². The van der Waals surface area contributed by atoms with E-state index in [2.05, 4.69) is 15.5 Å². The Morgan fingerprint density at radius 2 is 2.12 bits per heavy atom. The first kappa shape index (κ1) is 14.0. The molecule has 17 heavy (non-hydrogen) atoms. The molecule has 0 saturated heterocycles. The molecule has 1 saturated carbocycles. The normalized spacial score (nSPS) is 15.9. The fourth-order valence-corrected chi connectivity index (χ4v) is 1.95. The summed E-state index contributed by atoms with van der Waals surface area (Å²) in [5.41, 5.74) is 0. The van der Waals surface area contributed by atoms with Crippen LogP contribution < -0.4 is 5.32 Å². The van der Waals surface area contributed by atoms with Crippen molar-refractivity contribution in [3.63, 3.8) is 0 Å². The summed E-state index contributed by atoms with van der Waals surface area (Å²) in [5.74, 6) is 2.23. The first-order valence-corrected chi connectivity index (χ1v) is 6.34. The third-order valence-electron chi connectivity index (χ3n) is 2.68. The second-order valence-electron chi connectivity index (χ2n) is 3.92. The summed E-state index contributed by atoms with van der Waals surface area (Å²) in [6.45, 7) is 0. The molecule has 0 aromatic carbocycles. The van der Waals surface area contributed by atoms with Gasteiger partial charge in [0.15, 0.2) is 5.82 Å². The van der Waals surface area contributed by atoms with Crippen molar-refractivity contribution in [1.82, 2.24) is 15.5 Å². The van der Waals surface area contributed by atoms with E-state index in [4.69, 9.17) is 20.9 Å². The highest BCUT2D eigenvalue weighted by Gasteiger charge is 2.20. The van der Waals surface area contributed by atoms with E-state index in [1.165, 1.54) is 32.1 Å². The van der Waals surface area contributed by atoms with Gasteiger partial charge in [0.1, 0.15) is 0 Å². The van der Waals surface area contributed by atoms with E-state index < -0.39 is 0 Å². The van der Waals surface area contributed by atoms with Crippen LogP contribution in [-0.4, -0.2) is 23.6 Å². The lowest BCUT2D eigenvalue weighted by Gasteiger charge is -2.17. The van der Waals surface area contributed by atoms with E-state index in [-0.39, 0.29) is 0 Å². The number of amides is 1. The number of hydrogen-bond donors (Lipinski definition) is 1. The molecule has 1 aliphatic carbocycles.